The summed E-state index contributed by atoms with van der Waals surface area (Å²) in [6.45, 7) is 0. The second-order valence-electron chi connectivity index (χ2n) is 6.70. The molecule has 2 unspecified atom stereocenters. The standard InChI is InChI=1S/C19H21N5O3S2/c25-29(26,16-8-2-1-3-9-16)23-17-10-4-5-11-18(17)28-19-22-20-14-24(19)21-13-15-7-6-12-27-15/h1-3,6-9,12-14,17-18,23H,4-5,10-11H2/b21-13-. The zero-order valence-corrected chi connectivity index (χ0v) is 17.2. The number of nitrogens with one attached hydrogen (secondary N) is 1. The summed E-state index contributed by atoms with van der Waals surface area (Å²) >= 11 is 1.50. The Balaban J connectivity index is 1.48. The molecule has 152 valence electrons. The van der Waals surface area contributed by atoms with Crippen LogP contribution >= 0.6 is 11.8 Å². The number of furan rings is 1. The van der Waals surface area contributed by atoms with Gasteiger partial charge in [0.1, 0.15) is 12.1 Å². The Kier molecular flexibility index (Phi) is 6.12. The van der Waals surface area contributed by atoms with Gasteiger partial charge in [0.2, 0.25) is 15.2 Å². The highest BCUT2D eigenvalue weighted by Crippen LogP contribution is 2.33. The minimum atomic E-state index is -3.57. The SMILES string of the molecule is O=S(=O)(NC1CCCCC1Sc1nncn1/N=C\c1ccco1)c1ccccc1. The average Bonchev–Trinajstić information content (AvgIpc) is 3.40. The molecule has 0 bridgehead atoms. The molecule has 2 aromatic heterocycles. The van der Waals surface area contributed by atoms with E-state index in [-0.39, 0.29) is 16.2 Å². The third kappa shape index (κ3) is 4.95. The van der Waals surface area contributed by atoms with E-state index in [1.54, 1.807) is 59.6 Å². The molecule has 1 fully saturated rings. The molecule has 0 saturated heterocycles. The van der Waals surface area contributed by atoms with Crippen molar-refractivity contribution < 1.29 is 12.8 Å². The Morgan fingerprint density at radius 3 is 2.79 bits per heavy atom. The second-order valence-corrected chi connectivity index (χ2v) is 9.62. The Bertz CT molecular complexity index is 1050. The lowest BCUT2D eigenvalue weighted by Crippen LogP contribution is -2.43. The van der Waals surface area contributed by atoms with E-state index in [0.29, 0.717) is 10.9 Å². The molecule has 10 heteroatoms. The number of sulfonamides is 1. The number of hydrogen-bond acceptors (Lipinski definition) is 7. The third-order valence-electron chi connectivity index (χ3n) is 4.67. The van der Waals surface area contributed by atoms with Crippen molar-refractivity contribution in [3.8, 4) is 0 Å². The lowest BCUT2D eigenvalue weighted by molar-refractivity contribution is 0.422. The summed E-state index contributed by atoms with van der Waals surface area (Å²) < 4.78 is 35.2. The number of benzene rings is 1. The Morgan fingerprint density at radius 1 is 1.17 bits per heavy atom. The van der Waals surface area contributed by atoms with Crippen LogP contribution in [0.3, 0.4) is 0 Å². The zero-order chi connectivity index (χ0) is 20.1. The highest BCUT2D eigenvalue weighted by Gasteiger charge is 2.31. The first-order valence-electron chi connectivity index (χ1n) is 9.34. The van der Waals surface area contributed by atoms with Crippen molar-refractivity contribution in [2.45, 2.75) is 47.0 Å². The van der Waals surface area contributed by atoms with Crippen molar-refractivity contribution in [1.29, 1.82) is 0 Å². The first-order valence-corrected chi connectivity index (χ1v) is 11.7. The molecule has 1 aromatic carbocycles. The molecule has 4 rings (SSSR count). The van der Waals surface area contributed by atoms with Gasteiger partial charge in [0, 0.05) is 11.3 Å². The molecule has 0 radical (unpaired) electrons. The van der Waals surface area contributed by atoms with Gasteiger partial charge < -0.3 is 4.42 Å². The van der Waals surface area contributed by atoms with Gasteiger partial charge in [-0.25, -0.2) is 13.1 Å². The molecule has 1 aliphatic rings. The molecule has 1 aliphatic carbocycles. The predicted octanol–water partition coefficient (Wildman–Crippen LogP) is 3.14. The van der Waals surface area contributed by atoms with E-state index in [1.165, 1.54) is 18.1 Å². The Labute approximate surface area is 173 Å². The van der Waals surface area contributed by atoms with E-state index in [4.69, 9.17) is 4.42 Å². The van der Waals surface area contributed by atoms with E-state index < -0.39 is 10.0 Å². The van der Waals surface area contributed by atoms with E-state index >= 15 is 0 Å². The summed E-state index contributed by atoms with van der Waals surface area (Å²) in [5.74, 6) is 0.626. The fraction of sp³-hybridized carbons (Fsp3) is 0.316. The molecule has 0 aliphatic heterocycles. The largest absolute Gasteiger partial charge is 0.463 e. The molecule has 0 amide bonds. The van der Waals surface area contributed by atoms with Crippen LogP contribution in [-0.4, -0.2) is 40.8 Å². The normalized spacial score (nSPS) is 20.3. The fourth-order valence-electron chi connectivity index (χ4n) is 3.24. The quantitative estimate of drug-likeness (QED) is 0.577. The van der Waals surface area contributed by atoms with Crippen LogP contribution < -0.4 is 4.72 Å². The van der Waals surface area contributed by atoms with Gasteiger partial charge in [0.25, 0.3) is 0 Å². The number of rotatable bonds is 7. The van der Waals surface area contributed by atoms with Crippen LogP contribution in [0, 0.1) is 0 Å². The van der Waals surface area contributed by atoms with Gasteiger partial charge in [0.15, 0.2) is 0 Å². The van der Waals surface area contributed by atoms with Gasteiger partial charge in [-0.3, -0.25) is 0 Å². The summed E-state index contributed by atoms with van der Waals surface area (Å²) in [6, 6.07) is 11.9. The van der Waals surface area contributed by atoms with Crippen LogP contribution in [0.25, 0.3) is 0 Å². The van der Waals surface area contributed by atoms with Gasteiger partial charge in [-0.2, -0.15) is 9.78 Å². The topological polar surface area (TPSA) is 102 Å². The summed E-state index contributed by atoms with van der Waals surface area (Å²) in [6.07, 6.45) is 8.40. The van der Waals surface area contributed by atoms with E-state index in [2.05, 4.69) is 20.0 Å². The van der Waals surface area contributed by atoms with Gasteiger partial charge in [-0.15, -0.1) is 10.2 Å². The maximum atomic E-state index is 12.8. The minimum Gasteiger partial charge on any atom is -0.463 e. The van der Waals surface area contributed by atoms with E-state index in [9.17, 15) is 8.42 Å². The monoisotopic (exact) mass is 431 g/mol. The summed E-state index contributed by atoms with van der Waals surface area (Å²) in [5, 5.41) is 13.1. The fourth-order valence-corrected chi connectivity index (χ4v) is 5.87. The lowest BCUT2D eigenvalue weighted by atomic mass is 9.96. The van der Waals surface area contributed by atoms with Crippen molar-refractivity contribution in [3.05, 3.63) is 60.8 Å². The number of aromatic nitrogens is 3. The molecule has 0 spiro atoms. The molecule has 29 heavy (non-hydrogen) atoms. The molecule has 8 nitrogen and oxygen atoms in total. The molecule has 3 aromatic rings. The van der Waals surface area contributed by atoms with Crippen molar-refractivity contribution in [2.75, 3.05) is 0 Å². The van der Waals surface area contributed by atoms with Gasteiger partial charge in [-0.1, -0.05) is 42.8 Å². The Hall–Kier alpha value is -2.43. The molecular formula is C19H21N5O3S2. The second kappa shape index (κ2) is 8.93. The van der Waals surface area contributed by atoms with Crippen molar-refractivity contribution in [3.63, 3.8) is 0 Å². The summed E-state index contributed by atoms with van der Waals surface area (Å²) in [5.41, 5.74) is 0. The predicted molar refractivity (Wildman–Crippen MR) is 110 cm³/mol. The maximum absolute atomic E-state index is 12.8. The first kappa shape index (κ1) is 19.9. The zero-order valence-electron chi connectivity index (χ0n) is 15.6. The molecule has 1 saturated carbocycles. The van der Waals surface area contributed by atoms with Crippen LogP contribution in [0.15, 0.2) is 74.6 Å². The van der Waals surface area contributed by atoms with Crippen molar-refractivity contribution >= 4 is 28.0 Å². The molecule has 2 atom stereocenters. The number of nitrogens with zero attached hydrogens (tertiary/aromatic N) is 4. The number of thioether (sulfide) groups is 1. The van der Waals surface area contributed by atoms with Crippen LogP contribution in [-0.2, 0) is 10.0 Å². The van der Waals surface area contributed by atoms with E-state index in [1.807, 2.05) is 0 Å². The highest BCUT2D eigenvalue weighted by molar-refractivity contribution is 7.99. The summed E-state index contributed by atoms with van der Waals surface area (Å²) in [4.78, 5) is 0.278. The molecule has 1 N–H and O–H groups in total. The minimum absolute atomic E-state index is 0.0454. The van der Waals surface area contributed by atoms with Crippen LogP contribution in [0.5, 0.6) is 0 Å². The van der Waals surface area contributed by atoms with Crippen molar-refractivity contribution in [1.82, 2.24) is 19.6 Å². The Morgan fingerprint density at radius 2 is 2.00 bits per heavy atom. The van der Waals surface area contributed by atoms with Gasteiger partial charge >= 0.3 is 0 Å². The first-order chi connectivity index (χ1) is 14.1. The van der Waals surface area contributed by atoms with Crippen molar-refractivity contribution in [2.24, 2.45) is 5.10 Å². The molecular weight excluding hydrogens is 410 g/mol. The third-order valence-corrected chi connectivity index (χ3v) is 7.52. The van der Waals surface area contributed by atoms with E-state index in [0.717, 1.165) is 25.7 Å². The van der Waals surface area contributed by atoms with Crippen LogP contribution in [0.4, 0.5) is 0 Å². The number of hydrogen-bond donors (Lipinski definition) is 1. The van der Waals surface area contributed by atoms with Crippen LogP contribution in [0.1, 0.15) is 31.4 Å². The smallest absolute Gasteiger partial charge is 0.240 e. The van der Waals surface area contributed by atoms with Crippen LogP contribution in [0.2, 0.25) is 0 Å². The highest BCUT2D eigenvalue weighted by atomic mass is 32.2. The molecule has 2 heterocycles. The lowest BCUT2D eigenvalue weighted by Gasteiger charge is -2.31. The maximum Gasteiger partial charge on any atom is 0.240 e. The van der Waals surface area contributed by atoms with Gasteiger partial charge in [-0.05, 0) is 37.1 Å². The van der Waals surface area contributed by atoms with Gasteiger partial charge in [0.05, 0.1) is 17.4 Å². The average molecular weight is 432 g/mol. The summed E-state index contributed by atoms with van der Waals surface area (Å²) in [7, 11) is -3.57.